The molecular formula is C34H33N3O7S. The Morgan fingerprint density at radius 1 is 0.956 bits per heavy atom. The number of benzene rings is 3. The first-order valence-corrected chi connectivity index (χ1v) is 15.1. The zero-order chi connectivity index (χ0) is 32.1. The number of hydrogen-bond acceptors (Lipinski definition) is 9. The van der Waals surface area contributed by atoms with Crippen LogP contribution < -0.4 is 14.9 Å². The Morgan fingerprint density at radius 3 is 2.31 bits per heavy atom. The number of aromatic nitrogens is 1. The lowest BCUT2D eigenvalue weighted by Crippen LogP contribution is -2.23. The van der Waals surface area contributed by atoms with Crippen LogP contribution in [0.4, 0.5) is 5.69 Å². The highest BCUT2D eigenvalue weighted by molar-refractivity contribution is 7.22. The van der Waals surface area contributed by atoms with Gasteiger partial charge in [0.05, 0.1) is 37.7 Å². The van der Waals surface area contributed by atoms with Crippen LogP contribution >= 0.6 is 11.3 Å². The maximum absolute atomic E-state index is 14.2. The predicted molar refractivity (Wildman–Crippen MR) is 174 cm³/mol. The molecule has 0 spiro atoms. The van der Waals surface area contributed by atoms with E-state index in [1.807, 2.05) is 65.0 Å². The van der Waals surface area contributed by atoms with Crippen LogP contribution in [0.15, 0.2) is 83.8 Å². The molecule has 3 aromatic carbocycles. The number of nitrogens with zero attached hydrogens (tertiary/aromatic N) is 3. The summed E-state index contributed by atoms with van der Waals surface area (Å²) < 4.78 is 18.2. The van der Waals surface area contributed by atoms with Gasteiger partial charge in [0.1, 0.15) is 21.9 Å². The highest BCUT2D eigenvalue weighted by atomic mass is 32.1. The lowest BCUT2D eigenvalue weighted by Gasteiger charge is -2.18. The molecule has 0 saturated carbocycles. The molecule has 0 aliphatic rings. The van der Waals surface area contributed by atoms with E-state index in [1.165, 1.54) is 17.4 Å². The average molecular weight is 628 g/mol. The van der Waals surface area contributed by atoms with Crippen LogP contribution in [0.1, 0.15) is 34.0 Å². The number of para-hydroxylation sites is 2. The maximum atomic E-state index is 14.2. The van der Waals surface area contributed by atoms with E-state index in [4.69, 9.17) is 14.2 Å². The Labute approximate surface area is 264 Å². The van der Waals surface area contributed by atoms with Crippen LogP contribution in [0.3, 0.4) is 0 Å². The highest BCUT2D eigenvalue weighted by Gasteiger charge is 2.26. The molecule has 0 atom stereocenters. The molecule has 0 bridgehead atoms. The Morgan fingerprint density at radius 2 is 1.64 bits per heavy atom. The Balaban J connectivity index is 1.72. The predicted octanol–water partition coefficient (Wildman–Crippen LogP) is 6.51. The van der Waals surface area contributed by atoms with E-state index in [-0.39, 0.29) is 30.9 Å². The quantitative estimate of drug-likeness (QED) is 0.0874. The minimum atomic E-state index is -0.699. The van der Waals surface area contributed by atoms with Gasteiger partial charge in [0.15, 0.2) is 0 Å². The summed E-state index contributed by atoms with van der Waals surface area (Å²) in [5, 5.41) is 12.1. The van der Waals surface area contributed by atoms with Crippen molar-refractivity contribution >= 4 is 33.2 Å². The Hall–Kier alpha value is -5.00. The van der Waals surface area contributed by atoms with Gasteiger partial charge in [0, 0.05) is 41.4 Å². The molecule has 0 aliphatic heterocycles. The Kier molecular flexibility index (Phi) is 9.60. The van der Waals surface area contributed by atoms with Gasteiger partial charge < -0.3 is 18.8 Å². The van der Waals surface area contributed by atoms with Crippen molar-refractivity contribution in [3.8, 4) is 21.9 Å². The zero-order valence-corrected chi connectivity index (χ0v) is 26.3. The minimum absolute atomic E-state index is 0.0265. The smallest absolute Gasteiger partial charge is 0.343 e. The molecule has 0 unspecified atom stereocenters. The number of nitro groups is 1. The fraction of sp³-hybridized carbons (Fsp3) is 0.235. The molecule has 45 heavy (non-hydrogen) atoms. The topological polar surface area (TPSA) is 113 Å². The molecular weight excluding hydrogens is 594 g/mol. The van der Waals surface area contributed by atoms with Gasteiger partial charge >= 0.3 is 5.97 Å². The van der Waals surface area contributed by atoms with Crippen molar-refractivity contribution in [1.29, 1.82) is 0 Å². The van der Waals surface area contributed by atoms with Crippen molar-refractivity contribution in [3.05, 3.63) is 122 Å². The number of carbonyl (C=O) groups is 1. The molecule has 5 aromatic rings. The van der Waals surface area contributed by atoms with Crippen molar-refractivity contribution in [2.75, 3.05) is 27.9 Å². The summed E-state index contributed by atoms with van der Waals surface area (Å²) in [7, 11) is 5.04. The van der Waals surface area contributed by atoms with Crippen molar-refractivity contribution in [2.24, 2.45) is 0 Å². The minimum Gasteiger partial charge on any atom is -0.497 e. The molecule has 10 nitrogen and oxygen atoms in total. The first-order valence-electron chi connectivity index (χ1n) is 14.3. The molecule has 2 aromatic heterocycles. The molecule has 0 saturated heterocycles. The first kappa shape index (κ1) is 31.4. The summed E-state index contributed by atoms with van der Waals surface area (Å²) in [5.74, 6) is 0.670. The van der Waals surface area contributed by atoms with Crippen LogP contribution in [0.25, 0.3) is 20.7 Å². The summed E-state index contributed by atoms with van der Waals surface area (Å²) in [6.45, 7) is 2.70. The second-order valence-corrected chi connectivity index (χ2v) is 11.4. The van der Waals surface area contributed by atoms with Crippen molar-refractivity contribution in [2.45, 2.75) is 26.6 Å². The summed E-state index contributed by atoms with van der Waals surface area (Å²) in [6.07, 6.45) is 1.56. The van der Waals surface area contributed by atoms with Gasteiger partial charge in [0.2, 0.25) is 5.43 Å². The number of ether oxygens (including phenoxy) is 3. The molecule has 5 rings (SSSR count). The first-order chi connectivity index (χ1) is 21.7. The molecule has 11 heteroatoms. The van der Waals surface area contributed by atoms with Crippen molar-refractivity contribution in [1.82, 2.24) is 9.47 Å². The number of methoxy groups -OCH3 is 2. The number of hydrogen-bond donors (Lipinski definition) is 0. The second kappa shape index (κ2) is 13.7. The van der Waals surface area contributed by atoms with Crippen molar-refractivity contribution < 1.29 is 23.9 Å². The summed E-state index contributed by atoms with van der Waals surface area (Å²) in [6, 6.07) is 21.8. The van der Waals surface area contributed by atoms with Crippen LogP contribution in [0.2, 0.25) is 0 Å². The van der Waals surface area contributed by atoms with E-state index in [0.29, 0.717) is 39.4 Å². The van der Waals surface area contributed by atoms with Gasteiger partial charge in [-0.2, -0.15) is 0 Å². The second-order valence-electron chi connectivity index (χ2n) is 10.4. The fourth-order valence-corrected chi connectivity index (χ4v) is 6.64. The highest BCUT2D eigenvalue weighted by Crippen LogP contribution is 2.40. The molecule has 0 amide bonds. The molecule has 0 N–H and O–H groups in total. The standard InChI is InChI=1S/C34H33N3O7S/c1-5-44-34(39)27-21-36(19-24-11-7-9-13-29(24)43-4)33-30(31(27)38)26(32(45-33)22-14-16-25(42-3)17-15-22)20-35(2)18-23-10-6-8-12-28(23)37(40)41/h6-17,21H,5,18-20H2,1-4H3. The molecule has 232 valence electrons. The van der Waals surface area contributed by atoms with Gasteiger partial charge in [-0.15, -0.1) is 11.3 Å². The number of rotatable bonds is 12. The molecule has 0 fully saturated rings. The van der Waals surface area contributed by atoms with Gasteiger partial charge in [-0.3, -0.25) is 19.8 Å². The van der Waals surface area contributed by atoms with Crippen LogP contribution in [0.5, 0.6) is 11.5 Å². The van der Waals surface area contributed by atoms with E-state index in [2.05, 4.69) is 0 Å². The lowest BCUT2D eigenvalue weighted by molar-refractivity contribution is -0.385. The van der Waals surface area contributed by atoms with Gasteiger partial charge in [-0.25, -0.2) is 4.79 Å². The normalized spacial score (nSPS) is 11.1. The van der Waals surface area contributed by atoms with E-state index in [0.717, 1.165) is 16.0 Å². The SMILES string of the molecule is CCOC(=O)c1cn(Cc2ccccc2OC)c2sc(-c3ccc(OC)cc3)c(CN(C)Cc3ccccc3[N+](=O)[O-])c2c1=O. The fourth-order valence-electron chi connectivity index (χ4n) is 5.35. The van der Waals surface area contributed by atoms with Gasteiger partial charge in [0.25, 0.3) is 5.69 Å². The largest absolute Gasteiger partial charge is 0.497 e. The average Bonchev–Trinajstić information content (AvgIpc) is 3.42. The number of thiophene rings is 1. The monoisotopic (exact) mass is 627 g/mol. The third-order valence-corrected chi connectivity index (χ3v) is 8.76. The van der Waals surface area contributed by atoms with Crippen molar-refractivity contribution in [3.63, 3.8) is 0 Å². The summed E-state index contributed by atoms with van der Waals surface area (Å²) >= 11 is 1.45. The summed E-state index contributed by atoms with van der Waals surface area (Å²) in [4.78, 5) is 42.0. The van der Waals surface area contributed by atoms with E-state index >= 15 is 0 Å². The van der Waals surface area contributed by atoms with Crippen LogP contribution in [-0.2, 0) is 24.4 Å². The summed E-state index contributed by atoms with van der Waals surface area (Å²) in [5.41, 5.74) is 2.54. The van der Waals surface area contributed by atoms with Gasteiger partial charge in [-0.1, -0.05) is 36.4 Å². The molecule has 0 aliphatic carbocycles. The zero-order valence-electron chi connectivity index (χ0n) is 25.4. The van der Waals surface area contributed by atoms with E-state index in [1.54, 1.807) is 45.5 Å². The number of nitro benzene ring substituents is 1. The van der Waals surface area contributed by atoms with Crippen LogP contribution in [-0.4, -0.2) is 48.2 Å². The van der Waals surface area contributed by atoms with Gasteiger partial charge in [-0.05, 0) is 55.4 Å². The Bertz CT molecular complexity index is 1910. The van der Waals surface area contributed by atoms with E-state index in [9.17, 15) is 19.7 Å². The maximum Gasteiger partial charge on any atom is 0.343 e. The number of carbonyl (C=O) groups excluding carboxylic acids is 1. The number of pyridine rings is 1. The van der Waals surface area contributed by atoms with E-state index < -0.39 is 16.3 Å². The molecule has 0 radical (unpaired) electrons. The third-order valence-electron chi connectivity index (χ3n) is 7.44. The lowest BCUT2D eigenvalue weighted by atomic mass is 10.0. The number of fused-ring (bicyclic) bond motifs is 1. The molecule has 2 heterocycles. The number of esters is 1. The third kappa shape index (κ3) is 6.59. The van der Waals surface area contributed by atoms with Crippen LogP contribution in [0, 0.1) is 10.1 Å².